The van der Waals surface area contributed by atoms with Gasteiger partial charge in [-0.05, 0) is 92.3 Å². The first-order valence-corrected chi connectivity index (χ1v) is 18.0. The molecule has 1 amide bonds. The maximum atomic E-state index is 13.9. The first-order chi connectivity index (χ1) is 23.0. The zero-order valence-electron chi connectivity index (χ0n) is 27.0. The number of aromatic nitrogens is 2. The Morgan fingerprint density at radius 2 is 1.74 bits per heavy atom. The molecule has 1 N–H and O–H groups in total. The van der Waals surface area contributed by atoms with Crippen molar-refractivity contribution in [2.45, 2.75) is 69.9 Å². The molecule has 0 atom stereocenters. The van der Waals surface area contributed by atoms with Gasteiger partial charge < -0.3 is 19.3 Å². The molecule has 2 fully saturated rings. The molecule has 2 aromatic carbocycles. The Kier molecular flexibility index (Phi) is 8.33. The van der Waals surface area contributed by atoms with Gasteiger partial charge in [0.05, 0.1) is 42.1 Å². The third-order valence-corrected chi connectivity index (χ3v) is 12.1. The number of amides is 1. The summed E-state index contributed by atoms with van der Waals surface area (Å²) in [4.78, 5) is 38.7. The van der Waals surface area contributed by atoms with Gasteiger partial charge in [0.25, 0.3) is 11.5 Å². The van der Waals surface area contributed by atoms with Gasteiger partial charge in [0.15, 0.2) is 0 Å². The standard InChI is InChI=1S/C38H42N4O4S/c1-40-20-33(39-32(37(40)44)19-24-9-11-25(12-10-24)26-13-16-41(17-14-26)27-22-46-23-27)28-6-4-7-34(31(28)21-43)42-18-15-30-29-5-2-3-8-35(29)47-36(30)38(42)45/h4,6-7,9-12,20,26-27,43H,2-3,5,8,13-19,21-23H2,1H3. The van der Waals surface area contributed by atoms with Gasteiger partial charge in [-0.1, -0.05) is 36.4 Å². The molecule has 47 heavy (non-hydrogen) atoms. The number of thiophene rings is 1. The van der Waals surface area contributed by atoms with Gasteiger partial charge in [-0.2, -0.15) is 0 Å². The average Bonchev–Trinajstić information content (AvgIpc) is 3.46. The fraction of sp³-hybridized carbons (Fsp3) is 0.447. The van der Waals surface area contributed by atoms with Gasteiger partial charge >= 0.3 is 0 Å². The number of aliphatic hydroxyl groups excluding tert-OH is 1. The monoisotopic (exact) mass is 650 g/mol. The van der Waals surface area contributed by atoms with E-state index < -0.39 is 0 Å². The number of carbonyl (C=O) groups is 1. The number of rotatable bonds is 7. The van der Waals surface area contributed by atoms with Crippen LogP contribution in [0.3, 0.4) is 0 Å². The van der Waals surface area contributed by atoms with E-state index in [4.69, 9.17) is 9.72 Å². The average molecular weight is 651 g/mol. The van der Waals surface area contributed by atoms with E-state index in [0.29, 0.717) is 47.6 Å². The van der Waals surface area contributed by atoms with E-state index in [2.05, 4.69) is 29.2 Å². The summed E-state index contributed by atoms with van der Waals surface area (Å²) in [6, 6.07) is 15.1. The number of hydrogen-bond donors (Lipinski definition) is 1. The fourth-order valence-electron chi connectivity index (χ4n) is 8.03. The van der Waals surface area contributed by atoms with E-state index in [1.807, 2.05) is 23.1 Å². The van der Waals surface area contributed by atoms with E-state index in [9.17, 15) is 14.7 Å². The van der Waals surface area contributed by atoms with Gasteiger partial charge in [-0.15, -0.1) is 11.3 Å². The summed E-state index contributed by atoms with van der Waals surface area (Å²) in [6.45, 7) is 4.33. The normalized spacial score (nSPS) is 19.0. The van der Waals surface area contributed by atoms with Gasteiger partial charge in [0.2, 0.25) is 0 Å². The van der Waals surface area contributed by atoms with E-state index in [0.717, 1.165) is 74.4 Å². The number of hydrogen-bond acceptors (Lipinski definition) is 7. The van der Waals surface area contributed by atoms with Crippen LogP contribution in [0.15, 0.2) is 53.5 Å². The summed E-state index contributed by atoms with van der Waals surface area (Å²) < 4.78 is 6.96. The van der Waals surface area contributed by atoms with Crippen LogP contribution in [0.25, 0.3) is 11.3 Å². The minimum absolute atomic E-state index is 0.0218. The molecule has 9 heteroatoms. The molecule has 8 rings (SSSR count). The molecule has 4 aromatic rings. The van der Waals surface area contributed by atoms with Crippen LogP contribution in [-0.2, 0) is 44.1 Å². The van der Waals surface area contributed by atoms with Gasteiger partial charge in [0.1, 0.15) is 5.69 Å². The fourth-order valence-corrected chi connectivity index (χ4v) is 9.41. The van der Waals surface area contributed by atoms with Crippen molar-refractivity contribution in [2.75, 3.05) is 37.7 Å². The zero-order chi connectivity index (χ0) is 32.1. The predicted octanol–water partition coefficient (Wildman–Crippen LogP) is 5.25. The largest absolute Gasteiger partial charge is 0.392 e. The number of aryl methyl sites for hydroxylation is 2. The highest BCUT2D eigenvalue weighted by molar-refractivity contribution is 7.14. The lowest BCUT2D eigenvalue weighted by atomic mass is 9.88. The Bertz CT molecular complexity index is 1870. The number of benzene rings is 2. The molecule has 0 bridgehead atoms. The number of likely N-dealkylation sites (tertiary alicyclic amines) is 1. The van der Waals surface area contributed by atoms with E-state index in [-0.39, 0.29) is 18.1 Å². The van der Waals surface area contributed by atoms with Crippen LogP contribution in [0.2, 0.25) is 0 Å². The number of aliphatic hydroxyl groups is 1. The molecular formula is C38H42N4O4S. The Hall–Kier alpha value is -3.63. The molecule has 5 heterocycles. The maximum absolute atomic E-state index is 13.9. The summed E-state index contributed by atoms with van der Waals surface area (Å²) >= 11 is 1.67. The summed E-state index contributed by atoms with van der Waals surface area (Å²) in [7, 11) is 1.75. The highest BCUT2D eigenvalue weighted by atomic mass is 32.1. The van der Waals surface area contributed by atoms with Crippen molar-refractivity contribution in [1.82, 2.24) is 14.5 Å². The Morgan fingerprint density at radius 3 is 2.49 bits per heavy atom. The molecule has 244 valence electrons. The quantitative estimate of drug-likeness (QED) is 0.294. The number of fused-ring (bicyclic) bond motifs is 3. The number of carbonyl (C=O) groups excluding carboxylic acids is 1. The van der Waals surface area contributed by atoms with Gasteiger partial charge in [0, 0.05) is 42.2 Å². The van der Waals surface area contributed by atoms with Crippen molar-refractivity contribution in [3.63, 3.8) is 0 Å². The maximum Gasteiger partial charge on any atom is 0.272 e. The second kappa shape index (κ2) is 12.8. The summed E-state index contributed by atoms with van der Waals surface area (Å²) in [6.07, 6.45) is 9.84. The number of nitrogens with zero attached hydrogens (tertiary/aromatic N) is 4. The van der Waals surface area contributed by atoms with Crippen molar-refractivity contribution in [3.8, 4) is 11.3 Å². The van der Waals surface area contributed by atoms with Crippen molar-refractivity contribution in [3.05, 3.63) is 102 Å². The summed E-state index contributed by atoms with van der Waals surface area (Å²) in [5.74, 6) is 0.581. The Balaban J connectivity index is 1.04. The molecular weight excluding hydrogens is 609 g/mol. The van der Waals surface area contributed by atoms with Crippen LogP contribution < -0.4 is 10.5 Å². The zero-order valence-corrected chi connectivity index (χ0v) is 27.9. The van der Waals surface area contributed by atoms with Crippen LogP contribution in [0.1, 0.15) is 79.7 Å². The van der Waals surface area contributed by atoms with E-state index in [1.54, 1.807) is 29.1 Å². The first-order valence-electron chi connectivity index (χ1n) is 17.1. The van der Waals surface area contributed by atoms with Crippen LogP contribution in [0, 0.1) is 0 Å². The topological polar surface area (TPSA) is 87.9 Å². The second-order valence-corrected chi connectivity index (χ2v) is 14.7. The highest BCUT2D eigenvalue weighted by Gasteiger charge is 2.34. The predicted molar refractivity (Wildman–Crippen MR) is 185 cm³/mol. The SMILES string of the molecule is Cn1cc(-c2cccc(N3CCc4c(sc5c4CCCC5)C3=O)c2CO)nc(Cc2ccc(C3CCN(C4COC4)CC3)cc2)c1=O. The van der Waals surface area contributed by atoms with Crippen molar-refractivity contribution in [2.24, 2.45) is 7.05 Å². The lowest BCUT2D eigenvalue weighted by Crippen LogP contribution is -2.51. The molecule has 0 unspecified atom stereocenters. The minimum Gasteiger partial charge on any atom is -0.392 e. The number of piperidine rings is 1. The summed E-state index contributed by atoms with van der Waals surface area (Å²) in [5.41, 5.74) is 8.12. The number of anilines is 1. The highest BCUT2D eigenvalue weighted by Crippen LogP contribution is 2.40. The lowest BCUT2D eigenvalue weighted by molar-refractivity contribution is -0.0712. The van der Waals surface area contributed by atoms with Crippen molar-refractivity contribution in [1.29, 1.82) is 0 Å². The Morgan fingerprint density at radius 1 is 0.957 bits per heavy atom. The smallest absolute Gasteiger partial charge is 0.272 e. The molecule has 8 nitrogen and oxygen atoms in total. The Labute approximate surface area is 279 Å². The molecule has 4 aliphatic rings. The second-order valence-electron chi connectivity index (χ2n) is 13.6. The van der Waals surface area contributed by atoms with Crippen LogP contribution >= 0.6 is 11.3 Å². The molecule has 0 spiro atoms. The van der Waals surface area contributed by atoms with Crippen LogP contribution in [-0.4, -0.2) is 64.4 Å². The first kappa shape index (κ1) is 30.7. The lowest BCUT2D eigenvalue weighted by Gasteiger charge is -2.41. The third-order valence-electron chi connectivity index (χ3n) is 10.8. The van der Waals surface area contributed by atoms with E-state index >= 15 is 0 Å². The van der Waals surface area contributed by atoms with Gasteiger partial charge in [-0.3, -0.25) is 14.5 Å². The third kappa shape index (κ3) is 5.67. The molecule has 3 aliphatic heterocycles. The molecule has 0 saturated carbocycles. The minimum atomic E-state index is -0.238. The number of ether oxygens (including phenoxy) is 1. The molecule has 0 radical (unpaired) electrons. The summed E-state index contributed by atoms with van der Waals surface area (Å²) in [5, 5.41) is 10.7. The van der Waals surface area contributed by atoms with Gasteiger partial charge in [-0.25, -0.2) is 4.98 Å². The van der Waals surface area contributed by atoms with Crippen LogP contribution in [0.5, 0.6) is 0 Å². The van der Waals surface area contributed by atoms with E-state index in [1.165, 1.54) is 34.4 Å². The van der Waals surface area contributed by atoms with Crippen molar-refractivity contribution >= 4 is 22.9 Å². The molecule has 1 aliphatic carbocycles. The molecule has 2 saturated heterocycles. The van der Waals surface area contributed by atoms with Crippen molar-refractivity contribution < 1.29 is 14.6 Å². The molecule has 2 aromatic heterocycles. The van der Waals surface area contributed by atoms with Crippen LogP contribution in [0.4, 0.5) is 5.69 Å².